The van der Waals surface area contributed by atoms with Crippen LogP contribution < -0.4 is 21.3 Å². The van der Waals surface area contributed by atoms with Crippen molar-refractivity contribution in [1.82, 2.24) is 21.3 Å². The van der Waals surface area contributed by atoms with E-state index in [1.807, 2.05) is 0 Å². The second-order valence-electron chi connectivity index (χ2n) is 13.9. The van der Waals surface area contributed by atoms with Gasteiger partial charge in [-0.05, 0) is 150 Å². The minimum atomic E-state index is 0.330. The van der Waals surface area contributed by atoms with Crippen LogP contribution >= 0.6 is 24.4 Å². The third-order valence-electron chi connectivity index (χ3n) is 10.8. The first-order valence-electron chi connectivity index (χ1n) is 15.1. The number of hydrogen-bond acceptors (Lipinski definition) is 2. The van der Waals surface area contributed by atoms with Gasteiger partial charge in [-0.25, -0.2) is 0 Å². The van der Waals surface area contributed by atoms with Gasteiger partial charge >= 0.3 is 0 Å². The number of rotatable bonds is 10. The highest BCUT2D eigenvalue weighted by molar-refractivity contribution is 7.80. The molecule has 8 rings (SSSR count). The van der Waals surface area contributed by atoms with E-state index in [9.17, 15) is 0 Å². The van der Waals surface area contributed by atoms with E-state index in [0.29, 0.717) is 11.1 Å². The molecule has 8 aliphatic carbocycles. The zero-order valence-corrected chi connectivity index (χ0v) is 23.3. The Bertz CT molecular complexity index is 661. The summed E-state index contributed by atoms with van der Waals surface area (Å²) in [6, 6.07) is 0. The fourth-order valence-electron chi connectivity index (χ4n) is 10.3. The molecule has 0 atom stereocenters. The molecule has 0 aromatic heterocycles. The average molecular weight is 517 g/mol. The molecule has 0 saturated heterocycles. The van der Waals surface area contributed by atoms with E-state index in [-0.39, 0.29) is 0 Å². The third-order valence-corrected chi connectivity index (χ3v) is 11.3. The summed E-state index contributed by atoms with van der Waals surface area (Å²) >= 11 is 11.4. The van der Waals surface area contributed by atoms with Gasteiger partial charge in [-0.2, -0.15) is 0 Å². The van der Waals surface area contributed by atoms with Crippen LogP contribution in [0.1, 0.15) is 109 Å². The van der Waals surface area contributed by atoms with E-state index < -0.39 is 0 Å². The lowest BCUT2D eigenvalue weighted by Crippen LogP contribution is -2.61. The molecule has 35 heavy (non-hydrogen) atoms. The summed E-state index contributed by atoms with van der Waals surface area (Å²) in [5.74, 6) is 5.80. The Morgan fingerprint density at radius 2 is 0.771 bits per heavy atom. The molecular weight excluding hydrogens is 468 g/mol. The minimum absolute atomic E-state index is 0.330. The van der Waals surface area contributed by atoms with Crippen molar-refractivity contribution in [2.75, 3.05) is 13.1 Å². The van der Waals surface area contributed by atoms with Gasteiger partial charge in [-0.15, -0.1) is 0 Å². The van der Waals surface area contributed by atoms with Gasteiger partial charge in [-0.3, -0.25) is 0 Å². The zero-order chi connectivity index (χ0) is 23.9. The zero-order valence-electron chi connectivity index (χ0n) is 21.7. The standard InChI is InChI=1S/C29H48N4S2/c34-26(32-28-14-20-8-21(15-28)10-22(9-20)16-28)30-6-4-2-1-3-5-7-31-27(35)33-29-17-23-11-24(18-29)13-25(12-23)19-29/h20-25H,1-19H2,(H2,30,32,34)(H2,31,33,35). The lowest BCUT2D eigenvalue weighted by molar-refractivity contribution is -0.0103. The van der Waals surface area contributed by atoms with Crippen molar-refractivity contribution in [3.8, 4) is 0 Å². The number of unbranched alkanes of at least 4 members (excludes halogenated alkanes) is 4. The highest BCUT2D eigenvalue weighted by Crippen LogP contribution is 2.56. The van der Waals surface area contributed by atoms with Crippen LogP contribution in [0, 0.1) is 35.5 Å². The summed E-state index contributed by atoms with van der Waals surface area (Å²) in [4.78, 5) is 0. The van der Waals surface area contributed by atoms with Crippen molar-refractivity contribution in [3.05, 3.63) is 0 Å². The van der Waals surface area contributed by atoms with Crippen LogP contribution in [0.3, 0.4) is 0 Å². The lowest BCUT2D eigenvalue weighted by Gasteiger charge is -2.57. The van der Waals surface area contributed by atoms with Crippen LogP contribution in [-0.4, -0.2) is 34.4 Å². The van der Waals surface area contributed by atoms with Crippen LogP contribution in [0.5, 0.6) is 0 Å². The van der Waals surface area contributed by atoms with Gasteiger partial charge in [0.25, 0.3) is 0 Å². The molecule has 0 aliphatic heterocycles. The Morgan fingerprint density at radius 1 is 0.486 bits per heavy atom. The molecule has 6 heteroatoms. The molecular formula is C29H48N4S2. The normalized spacial score (nSPS) is 42.2. The third kappa shape index (κ3) is 5.78. The predicted octanol–water partition coefficient (Wildman–Crippen LogP) is 5.80. The largest absolute Gasteiger partial charge is 0.363 e. The summed E-state index contributed by atoms with van der Waals surface area (Å²) in [6.07, 6.45) is 23.3. The second kappa shape index (κ2) is 10.3. The Balaban J connectivity index is 0.792. The Kier molecular flexibility index (Phi) is 7.25. The quantitative estimate of drug-likeness (QED) is 0.217. The lowest BCUT2D eigenvalue weighted by atomic mass is 9.53. The van der Waals surface area contributed by atoms with Gasteiger partial charge in [0.1, 0.15) is 0 Å². The Morgan fingerprint density at radius 3 is 1.09 bits per heavy atom. The summed E-state index contributed by atoms with van der Waals surface area (Å²) in [5, 5.41) is 16.5. The fourth-order valence-corrected chi connectivity index (χ4v) is 10.9. The van der Waals surface area contributed by atoms with E-state index in [2.05, 4.69) is 21.3 Å². The smallest absolute Gasteiger partial charge is 0.166 e. The first-order chi connectivity index (χ1) is 17.0. The molecule has 0 amide bonds. The molecule has 8 fully saturated rings. The molecule has 0 heterocycles. The van der Waals surface area contributed by atoms with E-state index >= 15 is 0 Å². The van der Waals surface area contributed by atoms with E-state index in [1.54, 1.807) is 0 Å². The number of thiocarbonyl (C=S) groups is 2. The maximum Gasteiger partial charge on any atom is 0.166 e. The topological polar surface area (TPSA) is 48.1 Å². The van der Waals surface area contributed by atoms with Crippen molar-refractivity contribution in [3.63, 3.8) is 0 Å². The van der Waals surface area contributed by atoms with Gasteiger partial charge in [0.15, 0.2) is 10.2 Å². The molecule has 0 unspecified atom stereocenters. The van der Waals surface area contributed by atoms with Crippen LogP contribution in [-0.2, 0) is 0 Å². The van der Waals surface area contributed by atoms with Crippen LogP contribution in [0.25, 0.3) is 0 Å². The molecule has 0 aromatic rings. The minimum Gasteiger partial charge on any atom is -0.363 e. The van der Waals surface area contributed by atoms with Crippen LogP contribution in [0.4, 0.5) is 0 Å². The van der Waals surface area contributed by atoms with Crippen molar-refractivity contribution in [2.45, 2.75) is 120 Å². The molecule has 0 aromatic carbocycles. The second-order valence-corrected chi connectivity index (χ2v) is 14.7. The van der Waals surface area contributed by atoms with Crippen LogP contribution in [0.15, 0.2) is 0 Å². The van der Waals surface area contributed by atoms with Gasteiger partial charge in [0.05, 0.1) is 0 Å². The summed E-state index contributed by atoms with van der Waals surface area (Å²) in [6.45, 7) is 2.02. The summed E-state index contributed by atoms with van der Waals surface area (Å²) in [5.41, 5.74) is 0.661. The van der Waals surface area contributed by atoms with Gasteiger partial charge in [0.2, 0.25) is 0 Å². The van der Waals surface area contributed by atoms with Crippen molar-refractivity contribution < 1.29 is 0 Å². The van der Waals surface area contributed by atoms with E-state index in [0.717, 1.165) is 58.8 Å². The first-order valence-corrected chi connectivity index (χ1v) is 15.9. The Hall–Kier alpha value is -0.620. The molecule has 8 saturated carbocycles. The van der Waals surface area contributed by atoms with Crippen molar-refractivity contribution in [1.29, 1.82) is 0 Å². The fraction of sp³-hybridized carbons (Fsp3) is 0.931. The first kappa shape index (κ1) is 24.7. The average Bonchev–Trinajstić information content (AvgIpc) is 2.75. The van der Waals surface area contributed by atoms with Crippen molar-refractivity contribution >= 4 is 34.7 Å². The highest BCUT2D eigenvalue weighted by atomic mass is 32.1. The maximum atomic E-state index is 5.69. The predicted molar refractivity (Wildman–Crippen MR) is 152 cm³/mol. The molecule has 8 bridgehead atoms. The van der Waals surface area contributed by atoms with E-state index in [4.69, 9.17) is 24.4 Å². The van der Waals surface area contributed by atoms with Gasteiger partial charge < -0.3 is 21.3 Å². The SMILES string of the molecule is S=C(NCCCCCCCNC(=S)NC12CC3CC(CC(C3)C1)C2)NC12CC3CC(CC(C3)C1)C2. The molecule has 8 aliphatic rings. The molecule has 4 N–H and O–H groups in total. The van der Waals surface area contributed by atoms with Gasteiger partial charge in [0, 0.05) is 24.2 Å². The highest BCUT2D eigenvalue weighted by Gasteiger charge is 2.52. The molecule has 0 spiro atoms. The summed E-state index contributed by atoms with van der Waals surface area (Å²) < 4.78 is 0. The molecule has 4 nitrogen and oxygen atoms in total. The van der Waals surface area contributed by atoms with Crippen molar-refractivity contribution in [2.24, 2.45) is 35.5 Å². The molecule has 196 valence electrons. The number of nitrogens with one attached hydrogen (secondary N) is 4. The Labute approximate surface area is 224 Å². The summed E-state index contributed by atoms with van der Waals surface area (Å²) in [7, 11) is 0. The monoisotopic (exact) mass is 516 g/mol. The van der Waals surface area contributed by atoms with Crippen LogP contribution in [0.2, 0.25) is 0 Å². The number of hydrogen-bond donors (Lipinski definition) is 4. The van der Waals surface area contributed by atoms with E-state index in [1.165, 1.54) is 109 Å². The maximum absolute atomic E-state index is 5.69. The van der Waals surface area contributed by atoms with Gasteiger partial charge in [-0.1, -0.05) is 19.3 Å². The molecule has 0 radical (unpaired) electrons.